The summed E-state index contributed by atoms with van der Waals surface area (Å²) in [5.41, 5.74) is -1.45. The molecule has 132 valence electrons. The highest BCUT2D eigenvalue weighted by Crippen LogP contribution is 2.37. The lowest BCUT2D eigenvalue weighted by atomic mass is 10.0. The van der Waals surface area contributed by atoms with E-state index >= 15 is 0 Å². The second-order valence-electron chi connectivity index (χ2n) is 5.89. The Bertz CT molecular complexity index is 863. The molecule has 3 rings (SSSR count). The molecule has 0 spiro atoms. The first-order valence-corrected chi connectivity index (χ1v) is 8.34. The van der Waals surface area contributed by atoms with E-state index in [9.17, 15) is 14.4 Å². The summed E-state index contributed by atoms with van der Waals surface area (Å²) in [6.45, 7) is -0.0150. The maximum absolute atomic E-state index is 12.1. The molecule has 0 saturated carbocycles. The number of H-pyrrole nitrogens is 1. The number of nitrogens with one attached hydrogen (secondary N) is 1. The number of benzene rings is 1. The molecule has 1 saturated heterocycles. The predicted molar refractivity (Wildman–Crippen MR) is 90.9 cm³/mol. The molecule has 0 unspecified atom stereocenters. The molecule has 8 heteroatoms. The second kappa shape index (κ2) is 7.25. The minimum atomic E-state index is -0.869. The number of hydrogen-bond donors (Lipinski definition) is 1. The lowest BCUT2D eigenvalue weighted by Gasteiger charge is -2.27. The van der Waals surface area contributed by atoms with Crippen molar-refractivity contribution < 1.29 is 14.3 Å². The number of hydrogen-bond acceptors (Lipinski definition) is 5. The Morgan fingerprint density at radius 2 is 2.08 bits per heavy atom. The fraction of sp³-hybridized carbons (Fsp3) is 0.353. The number of alkyl halides is 1. The molecule has 7 nitrogen and oxygen atoms in total. The number of halogens is 1. The largest absolute Gasteiger partial charge is 0.459 e. The number of carbonyl (C=O) groups excluding carboxylic acids is 1. The van der Waals surface area contributed by atoms with Crippen LogP contribution < -0.4 is 11.2 Å². The quantitative estimate of drug-likeness (QED) is 0.644. The summed E-state index contributed by atoms with van der Waals surface area (Å²) in [5, 5.41) is 0. The topological polar surface area (TPSA) is 90.4 Å². The number of esters is 1. The zero-order valence-electron chi connectivity index (χ0n) is 13.3. The molecule has 1 aromatic carbocycles. The standard InChI is InChI=1S/C17H17ClN2O5/c18-10-17(11-24-15(22)12-4-2-1-3-5-12)8-6-14(25-17)20-9-7-13(21)19-16(20)23/h1-5,7,9,14H,6,8,10-11H2,(H,19,21,23)/t14-,17-/m1/s1. The summed E-state index contributed by atoms with van der Waals surface area (Å²) in [6, 6.07) is 9.88. The lowest BCUT2D eigenvalue weighted by Crippen LogP contribution is -2.39. The third-order valence-corrected chi connectivity index (χ3v) is 4.60. The van der Waals surface area contributed by atoms with E-state index in [-0.39, 0.29) is 12.5 Å². The van der Waals surface area contributed by atoms with Gasteiger partial charge in [-0.05, 0) is 25.0 Å². The first kappa shape index (κ1) is 17.4. The van der Waals surface area contributed by atoms with Crippen LogP contribution in [0.15, 0.2) is 52.2 Å². The normalized spacial score (nSPS) is 22.7. The lowest BCUT2D eigenvalue weighted by molar-refractivity contribution is -0.0903. The molecule has 25 heavy (non-hydrogen) atoms. The van der Waals surface area contributed by atoms with Crippen molar-refractivity contribution in [2.24, 2.45) is 0 Å². The third-order valence-electron chi connectivity index (χ3n) is 4.11. The fourth-order valence-electron chi connectivity index (χ4n) is 2.74. The van der Waals surface area contributed by atoms with Crippen LogP contribution in [0.3, 0.4) is 0 Å². The van der Waals surface area contributed by atoms with Gasteiger partial charge < -0.3 is 9.47 Å². The van der Waals surface area contributed by atoms with E-state index in [0.29, 0.717) is 18.4 Å². The van der Waals surface area contributed by atoms with Crippen LogP contribution in [0, 0.1) is 0 Å². The van der Waals surface area contributed by atoms with Crippen molar-refractivity contribution >= 4 is 17.6 Å². The Morgan fingerprint density at radius 3 is 2.76 bits per heavy atom. The summed E-state index contributed by atoms with van der Waals surface area (Å²) >= 11 is 6.05. The van der Waals surface area contributed by atoms with Crippen LogP contribution in [0.5, 0.6) is 0 Å². The number of aromatic amines is 1. The van der Waals surface area contributed by atoms with Crippen LogP contribution >= 0.6 is 11.6 Å². The van der Waals surface area contributed by atoms with Gasteiger partial charge in [-0.25, -0.2) is 9.59 Å². The van der Waals surface area contributed by atoms with E-state index in [1.807, 2.05) is 6.07 Å². The number of aromatic nitrogens is 2. The van der Waals surface area contributed by atoms with Gasteiger partial charge in [0.1, 0.15) is 18.4 Å². The smallest absolute Gasteiger partial charge is 0.338 e. The summed E-state index contributed by atoms with van der Waals surface area (Å²) in [7, 11) is 0. The minimum Gasteiger partial charge on any atom is -0.459 e. The molecule has 0 radical (unpaired) electrons. The summed E-state index contributed by atoms with van der Waals surface area (Å²) < 4.78 is 12.6. The zero-order valence-corrected chi connectivity index (χ0v) is 14.1. The molecule has 2 atom stereocenters. The summed E-state index contributed by atoms with van der Waals surface area (Å²) in [5.74, 6) is -0.345. The number of ether oxygens (including phenoxy) is 2. The van der Waals surface area contributed by atoms with Gasteiger partial charge in [0, 0.05) is 12.3 Å². The Morgan fingerprint density at radius 1 is 1.32 bits per heavy atom. The van der Waals surface area contributed by atoms with Crippen LogP contribution in [0.2, 0.25) is 0 Å². The van der Waals surface area contributed by atoms with E-state index in [0.717, 1.165) is 0 Å². The molecule has 0 amide bonds. The van der Waals surface area contributed by atoms with E-state index in [2.05, 4.69) is 4.98 Å². The van der Waals surface area contributed by atoms with Crippen LogP contribution in [0.25, 0.3) is 0 Å². The predicted octanol–water partition coefficient (Wildman–Crippen LogP) is 1.68. The maximum Gasteiger partial charge on any atom is 0.338 e. The fourth-order valence-corrected chi connectivity index (χ4v) is 3.01. The van der Waals surface area contributed by atoms with Crippen molar-refractivity contribution in [3.63, 3.8) is 0 Å². The van der Waals surface area contributed by atoms with Gasteiger partial charge in [0.25, 0.3) is 5.56 Å². The van der Waals surface area contributed by atoms with Crippen molar-refractivity contribution in [1.29, 1.82) is 0 Å². The first-order chi connectivity index (χ1) is 12.0. The first-order valence-electron chi connectivity index (χ1n) is 7.80. The van der Waals surface area contributed by atoms with E-state index in [1.54, 1.807) is 24.3 Å². The van der Waals surface area contributed by atoms with Gasteiger partial charge in [0.2, 0.25) is 0 Å². The van der Waals surface area contributed by atoms with Crippen LogP contribution in [0.1, 0.15) is 29.4 Å². The van der Waals surface area contributed by atoms with Gasteiger partial charge in [-0.1, -0.05) is 18.2 Å². The Labute approximate surface area is 148 Å². The molecule has 1 fully saturated rings. The van der Waals surface area contributed by atoms with Gasteiger partial charge in [-0.3, -0.25) is 14.3 Å². The van der Waals surface area contributed by atoms with Crippen molar-refractivity contribution in [1.82, 2.24) is 9.55 Å². The van der Waals surface area contributed by atoms with Crippen molar-refractivity contribution in [2.45, 2.75) is 24.7 Å². The monoisotopic (exact) mass is 364 g/mol. The number of nitrogens with zero attached hydrogens (tertiary/aromatic N) is 1. The van der Waals surface area contributed by atoms with Crippen molar-refractivity contribution in [3.8, 4) is 0 Å². The molecule has 2 aromatic rings. The van der Waals surface area contributed by atoms with E-state index < -0.39 is 29.0 Å². The highest BCUT2D eigenvalue weighted by molar-refractivity contribution is 6.18. The maximum atomic E-state index is 12.1. The highest BCUT2D eigenvalue weighted by Gasteiger charge is 2.42. The van der Waals surface area contributed by atoms with Gasteiger partial charge in [-0.2, -0.15) is 0 Å². The molecule has 1 aromatic heterocycles. The Balaban J connectivity index is 1.69. The molecular weight excluding hydrogens is 348 g/mol. The highest BCUT2D eigenvalue weighted by atomic mass is 35.5. The van der Waals surface area contributed by atoms with Crippen LogP contribution in [-0.2, 0) is 9.47 Å². The minimum absolute atomic E-state index is 0.0150. The number of carbonyl (C=O) groups is 1. The van der Waals surface area contributed by atoms with Gasteiger partial charge in [0.15, 0.2) is 0 Å². The second-order valence-corrected chi connectivity index (χ2v) is 6.15. The zero-order chi connectivity index (χ0) is 17.9. The summed E-state index contributed by atoms with van der Waals surface area (Å²) in [4.78, 5) is 37.3. The summed E-state index contributed by atoms with van der Waals surface area (Å²) in [6.07, 6.45) is 1.85. The molecule has 0 bridgehead atoms. The van der Waals surface area contributed by atoms with Gasteiger partial charge >= 0.3 is 11.7 Å². The Kier molecular flexibility index (Phi) is 5.06. The Hall–Kier alpha value is -2.38. The third kappa shape index (κ3) is 3.83. The SMILES string of the molecule is O=C(OC[C@]1(CCl)CC[C@H](n2ccc(=O)[nH]c2=O)O1)c1ccccc1. The van der Waals surface area contributed by atoms with Gasteiger partial charge in [0.05, 0.1) is 11.4 Å². The van der Waals surface area contributed by atoms with Gasteiger partial charge in [-0.15, -0.1) is 11.6 Å². The number of rotatable bonds is 5. The van der Waals surface area contributed by atoms with Crippen LogP contribution in [0.4, 0.5) is 0 Å². The average molecular weight is 365 g/mol. The van der Waals surface area contributed by atoms with Crippen molar-refractivity contribution in [3.05, 3.63) is 69.0 Å². The molecule has 2 heterocycles. The average Bonchev–Trinajstić information content (AvgIpc) is 3.05. The molecule has 1 aliphatic heterocycles. The van der Waals surface area contributed by atoms with E-state index in [1.165, 1.54) is 16.8 Å². The van der Waals surface area contributed by atoms with Crippen LogP contribution in [-0.4, -0.2) is 33.6 Å². The van der Waals surface area contributed by atoms with E-state index in [4.69, 9.17) is 21.1 Å². The molecule has 0 aliphatic carbocycles. The molecule has 1 aliphatic rings. The molecular formula is C17H17ClN2O5. The van der Waals surface area contributed by atoms with Crippen molar-refractivity contribution in [2.75, 3.05) is 12.5 Å². The molecule has 1 N–H and O–H groups in total.